The second-order valence-electron chi connectivity index (χ2n) is 5.53. The molecular weight excluding hydrogens is 276 g/mol. The molecule has 0 spiro atoms. The van der Waals surface area contributed by atoms with Crippen LogP contribution in [0.2, 0.25) is 0 Å². The zero-order valence-electron chi connectivity index (χ0n) is 13.3. The van der Waals surface area contributed by atoms with Crippen molar-refractivity contribution in [1.29, 1.82) is 0 Å². The maximum absolute atomic E-state index is 12.2. The molecule has 0 saturated carbocycles. The lowest BCUT2D eigenvalue weighted by Gasteiger charge is -2.13. The van der Waals surface area contributed by atoms with E-state index in [1.165, 1.54) is 5.56 Å². The van der Waals surface area contributed by atoms with Crippen LogP contribution in [-0.4, -0.2) is 18.0 Å². The van der Waals surface area contributed by atoms with Crippen molar-refractivity contribution in [2.45, 2.75) is 32.7 Å². The second-order valence-corrected chi connectivity index (χ2v) is 5.53. The fraction of sp³-hybridized carbons (Fsp3) is 0.333. The molecule has 0 fully saturated rings. The number of nitrogens with zero attached hydrogens (tertiary/aromatic N) is 1. The first kappa shape index (κ1) is 16.0. The van der Waals surface area contributed by atoms with Crippen molar-refractivity contribution in [1.82, 2.24) is 10.3 Å². The summed E-state index contributed by atoms with van der Waals surface area (Å²) in [5.41, 5.74) is 3.16. The zero-order valence-corrected chi connectivity index (χ0v) is 13.3. The normalized spacial score (nSPS) is 10.5. The lowest BCUT2D eigenvalue weighted by Crippen LogP contribution is -2.24. The van der Waals surface area contributed by atoms with Gasteiger partial charge in [-0.2, -0.15) is 0 Å². The van der Waals surface area contributed by atoms with Gasteiger partial charge in [-0.3, -0.25) is 9.78 Å². The molecule has 116 valence electrons. The Morgan fingerprint density at radius 3 is 2.59 bits per heavy atom. The van der Waals surface area contributed by atoms with Gasteiger partial charge in [-0.15, -0.1) is 0 Å². The number of ether oxygens (including phenoxy) is 1. The summed E-state index contributed by atoms with van der Waals surface area (Å²) in [5.74, 6) is 1.16. The monoisotopic (exact) mass is 298 g/mol. The van der Waals surface area contributed by atoms with Crippen LogP contribution in [0.25, 0.3) is 0 Å². The van der Waals surface area contributed by atoms with Crippen molar-refractivity contribution in [3.63, 3.8) is 0 Å². The Morgan fingerprint density at radius 2 is 1.95 bits per heavy atom. The van der Waals surface area contributed by atoms with Gasteiger partial charge in [-0.1, -0.05) is 26.0 Å². The van der Waals surface area contributed by atoms with E-state index in [1.54, 1.807) is 19.5 Å². The molecule has 0 saturated heterocycles. The number of aromatic nitrogens is 1. The van der Waals surface area contributed by atoms with Crippen LogP contribution in [-0.2, 0) is 17.8 Å². The summed E-state index contributed by atoms with van der Waals surface area (Å²) in [7, 11) is 1.63. The minimum Gasteiger partial charge on any atom is -0.496 e. The van der Waals surface area contributed by atoms with E-state index in [4.69, 9.17) is 4.74 Å². The highest BCUT2D eigenvalue weighted by Gasteiger charge is 2.11. The third-order valence-corrected chi connectivity index (χ3v) is 3.56. The van der Waals surface area contributed by atoms with E-state index >= 15 is 0 Å². The lowest BCUT2D eigenvalue weighted by atomic mass is 9.99. The van der Waals surface area contributed by atoms with E-state index in [0.717, 1.165) is 16.9 Å². The fourth-order valence-electron chi connectivity index (χ4n) is 2.23. The molecule has 0 radical (unpaired) electrons. The highest BCUT2D eigenvalue weighted by Crippen LogP contribution is 2.24. The van der Waals surface area contributed by atoms with Crippen LogP contribution in [0.4, 0.5) is 0 Å². The summed E-state index contributed by atoms with van der Waals surface area (Å²) < 4.78 is 5.36. The first-order valence-corrected chi connectivity index (χ1v) is 7.42. The molecule has 4 nitrogen and oxygen atoms in total. The number of nitrogens with one attached hydrogen (secondary N) is 1. The van der Waals surface area contributed by atoms with Crippen molar-refractivity contribution in [3.05, 3.63) is 59.4 Å². The van der Waals surface area contributed by atoms with Gasteiger partial charge >= 0.3 is 0 Å². The lowest BCUT2D eigenvalue weighted by molar-refractivity contribution is -0.120. The van der Waals surface area contributed by atoms with Gasteiger partial charge in [0.05, 0.1) is 13.5 Å². The number of hydrogen-bond acceptors (Lipinski definition) is 3. The summed E-state index contributed by atoms with van der Waals surface area (Å²) in [4.78, 5) is 16.1. The molecule has 0 atom stereocenters. The van der Waals surface area contributed by atoms with E-state index < -0.39 is 0 Å². The maximum Gasteiger partial charge on any atom is 0.224 e. The Morgan fingerprint density at radius 1 is 1.23 bits per heavy atom. The van der Waals surface area contributed by atoms with E-state index in [0.29, 0.717) is 18.9 Å². The summed E-state index contributed by atoms with van der Waals surface area (Å²) in [5, 5.41) is 2.93. The van der Waals surface area contributed by atoms with E-state index in [9.17, 15) is 4.79 Å². The van der Waals surface area contributed by atoms with Crippen molar-refractivity contribution in [2.75, 3.05) is 7.11 Å². The molecule has 0 bridgehead atoms. The standard InChI is InChI=1S/C18H22N2O2/c1-13(2)15-4-5-17(22-3)16(10-15)11-18(21)20-12-14-6-8-19-9-7-14/h4-10,13H,11-12H2,1-3H3,(H,20,21). The number of methoxy groups -OCH3 is 1. The molecule has 1 aromatic carbocycles. The minimum absolute atomic E-state index is 0.0176. The molecule has 1 heterocycles. The van der Waals surface area contributed by atoms with Gasteiger partial charge in [0.1, 0.15) is 5.75 Å². The van der Waals surface area contributed by atoms with Crippen molar-refractivity contribution < 1.29 is 9.53 Å². The number of rotatable bonds is 6. The Balaban J connectivity index is 2.02. The topological polar surface area (TPSA) is 51.2 Å². The largest absolute Gasteiger partial charge is 0.496 e. The quantitative estimate of drug-likeness (QED) is 0.891. The molecule has 1 N–H and O–H groups in total. The molecule has 2 aromatic rings. The van der Waals surface area contributed by atoms with Crippen molar-refractivity contribution in [2.24, 2.45) is 0 Å². The minimum atomic E-state index is -0.0176. The fourth-order valence-corrected chi connectivity index (χ4v) is 2.23. The smallest absolute Gasteiger partial charge is 0.224 e. The Kier molecular flexibility index (Phi) is 5.53. The number of carbonyl (C=O) groups excluding carboxylic acids is 1. The second kappa shape index (κ2) is 7.59. The molecule has 1 aromatic heterocycles. The third-order valence-electron chi connectivity index (χ3n) is 3.56. The van der Waals surface area contributed by atoms with Gasteiger partial charge in [0.25, 0.3) is 0 Å². The van der Waals surface area contributed by atoms with Crippen LogP contribution < -0.4 is 10.1 Å². The zero-order chi connectivity index (χ0) is 15.9. The third kappa shape index (κ3) is 4.32. The molecule has 22 heavy (non-hydrogen) atoms. The van der Waals surface area contributed by atoms with Crippen LogP contribution >= 0.6 is 0 Å². The number of benzene rings is 1. The number of amides is 1. The SMILES string of the molecule is COc1ccc(C(C)C)cc1CC(=O)NCc1ccncc1. The average Bonchev–Trinajstić information content (AvgIpc) is 2.53. The van der Waals surface area contributed by atoms with Crippen molar-refractivity contribution >= 4 is 5.91 Å². The van der Waals surface area contributed by atoms with E-state index in [2.05, 4.69) is 30.2 Å². The number of hydrogen-bond donors (Lipinski definition) is 1. The van der Waals surface area contributed by atoms with Gasteiger partial charge in [0, 0.05) is 24.5 Å². The summed E-state index contributed by atoms with van der Waals surface area (Å²) in [6, 6.07) is 9.80. The summed E-state index contributed by atoms with van der Waals surface area (Å²) in [6.45, 7) is 4.78. The predicted octanol–water partition coefficient (Wildman–Crippen LogP) is 3.07. The van der Waals surface area contributed by atoms with Gasteiger partial charge < -0.3 is 10.1 Å². The van der Waals surface area contributed by atoms with E-state index in [-0.39, 0.29) is 5.91 Å². The molecule has 1 amide bonds. The van der Waals surface area contributed by atoms with Crippen LogP contribution in [0, 0.1) is 0 Å². The van der Waals surface area contributed by atoms with Crippen LogP contribution in [0.3, 0.4) is 0 Å². The first-order valence-electron chi connectivity index (χ1n) is 7.42. The first-order chi connectivity index (χ1) is 10.6. The Hall–Kier alpha value is -2.36. The average molecular weight is 298 g/mol. The Bertz CT molecular complexity index is 624. The van der Waals surface area contributed by atoms with Gasteiger partial charge in [-0.05, 0) is 35.2 Å². The van der Waals surface area contributed by atoms with Gasteiger partial charge in [-0.25, -0.2) is 0 Å². The molecule has 2 rings (SSSR count). The molecule has 0 unspecified atom stereocenters. The highest BCUT2D eigenvalue weighted by molar-refractivity contribution is 5.79. The van der Waals surface area contributed by atoms with Crippen LogP contribution in [0.15, 0.2) is 42.7 Å². The van der Waals surface area contributed by atoms with Crippen LogP contribution in [0.5, 0.6) is 5.75 Å². The van der Waals surface area contributed by atoms with Crippen molar-refractivity contribution in [3.8, 4) is 5.75 Å². The molecular formula is C18H22N2O2. The molecule has 0 aliphatic heterocycles. The van der Waals surface area contributed by atoms with Gasteiger partial charge in [0.15, 0.2) is 0 Å². The molecule has 0 aliphatic rings. The summed E-state index contributed by atoms with van der Waals surface area (Å²) >= 11 is 0. The molecule has 4 heteroatoms. The Labute approximate surface area is 131 Å². The number of pyridine rings is 1. The molecule has 0 aliphatic carbocycles. The van der Waals surface area contributed by atoms with E-state index in [1.807, 2.05) is 24.3 Å². The predicted molar refractivity (Wildman–Crippen MR) is 86.9 cm³/mol. The highest BCUT2D eigenvalue weighted by atomic mass is 16.5. The van der Waals surface area contributed by atoms with Crippen LogP contribution in [0.1, 0.15) is 36.5 Å². The summed E-state index contributed by atoms with van der Waals surface area (Å²) in [6.07, 6.45) is 3.75. The maximum atomic E-state index is 12.2. The van der Waals surface area contributed by atoms with Gasteiger partial charge in [0.2, 0.25) is 5.91 Å². The number of carbonyl (C=O) groups is 1.